The highest BCUT2D eigenvalue weighted by Crippen LogP contribution is 2.27. The van der Waals surface area contributed by atoms with E-state index >= 15 is 0 Å². The van der Waals surface area contributed by atoms with E-state index in [1.165, 1.54) is 12.1 Å². The van der Waals surface area contributed by atoms with Crippen LogP contribution in [0.25, 0.3) is 0 Å². The Hall–Kier alpha value is -2.06. The van der Waals surface area contributed by atoms with Gasteiger partial charge in [-0.15, -0.1) is 13.2 Å². The van der Waals surface area contributed by atoms with Crippen LogP contribution in [0.4, 0.5) is 13.2 Å². The van der Waals surface area contributed by atoms with E-state index in [0.717, 1.165) is 23.3 Å². The first-order valence-corrected chi connectivity index (χ1v) is 9.31. The van der Waals surface area contributed by atoms with Gasteiger partial charge in [0.15, 0.2) is 0 Å². The lowest BCUT2D eigenvalue weighted by Crippen LogP contribution is -2.25. The fraction of sp³-hybridized carbons (Fsp3) is 0.333. The van der Waals surface area contributed by atoms with E-state index in [2.05, 4.69) is 9.46 Å². The summed E-state index contributed by atoms with van der Waals surface area (Å²) >= 11 is 0. The molecule has 0 saturated carbocycles. The summed E-state index contributed by atoms with van der Waals surface area (Å²) in [5, 5.41) is 0. The normalized spacial score (nSPS) is 12.3. The van der Waals surface area contributed by atoms with Crippen molar-refractivity contribution < 1.29 is 26.3 Å². The molecule has 0 aliphatic heterocycles. The summed E-state index contributed by atoms with van der Waals surface area (Å²) < 4.78 is 68.7. The largest absolute Gasteiger partial charge is 0.573 e. The highest BCUT2D eigenvalue weighted by molar-refractivity contribution is 7.89. The van der Waals surface area contributed by atoms with E-state index in [-0.39, 0.29) is 11.4 Å². The van der Waals surface area contributed by atoms with Gasteiger partial charge in [-0.1, -0.05) is 18.2 Å². The zero-order valence-electron chi connectivity index (χ0n) is 14.9. The molecule has 26 heavy (non-hydrogen) atoms. The zero-order chi connectivity index (χ0) is 19.7. The fourth-order valence-electron chi connectivity index (χ4n) is 2.69. The molecule has 0 aliphatic carbocycles. The average Bonchev–Trinajstić information content (AvgIpc) is 2.50. The standard InChI is InChI=1S/C18H20F3NO3S/c1-11-8-12(2)14(4)17(13(11)3)26(23,24)22-10-15-6-5-7-16(9-15)25-18(19,20)21/h5-9,22H,10H2,1-4H3. The van der Waals surface area contributed by atoms with Crippen molar-refractivity contribution in [3.63, 3.8) is 0 Å². The minimum absolute atomic E-state index is 0.150. The Kier molecular flexibility index (Phi) is 5.67. The topological polar surface area (TPSA) is 55.4 Å². The molecule has 2 rings (SSSR count). The van der Waals surface area contributed by atoms with Crippen LogP contribution in [-0.4, -0.2) is 14.8 Å². The van der Waals surface area contributed by atoms with Crippen molar-refractivity contribution in [1.82, 2.24) is 4.72 Å². The maximum atomic E-state index is 12.7. The molecule has 1 N–H and O–H groups in total. The first-order valence-electron chi connectivity index (χ1n) is 7.82. The van der Waals surface area contributed by atoms with Crippen molar-refractivity contribution in [3.8, 4) is 5.75 Å². The number of hydrogen-bond acceptors (Lipinski definition) is 3. The smallest absolute Gasteiger partial charge is 0.406 e. The Bertz CT molecular complexity index is 896. The Morgan fingerprint density at radius 2 is 1.58 bits per heavy atom. The maximum absolute atomic E-state index is 12.7. The van der Waals surface area contributed by atoms with Crippen molar-refractivity contribution in [2.75, 3.05) is 0 Å². The number of sulfonamides is 1. The lowest BCUT2D eigenvalue weighted by Gasteiger charge is -2.16. The highest BCUT2D eigenvalue weighted by atomic mass is 32.2. The van der Waals surface area contributed by atoms with Crippen LogP contribution in [-0.2, 0) is 16.6 Å². The molecule has 0 aliphatic rings. The SMILES string of the molecule is Cc1cc(C)c(C)c(S(=O)(=O)NCc2cccc(OC(F)(F)F)c2)c1C. The zero-order valence-corrected chi connectivity index (χ0v) is 15.7. The van der Waals surface area contributed by atoms with Crippen LogP contribution in [0.5, 0.6) is 5.75 Å². The Balaban J connectivity index is 2.26. The number of aryl methyl sites for hydroxylation is 2. The average molecular weight is 387 g/mol. The van der Waals surface area contributed by atoms with Crippen molar-refractivity contribution in [1.29, 1.82) is 0 Å². The van der Waals surface area contributed by atoms with Gasteiger partial charge in [-0.2, -0.15) is 0 Å². The van der Waals surface area contributed by atoms with Crippen molar-refractivity contribution in [2.24, 2.45) is 0 Å². The van der Waals surface area contributed by atoms with E-state index in [4.69, 9.17) is 0 Å². The summed E-state index contributed by atoms with van der Waals surface area (Å²) in [5.74, 6) is -0.395. The molecule has 8 heteroatoms. The van der Waals surface area contributed by atoms with Gasteiger partial charge in [-0.3, -0.25) is 0 Å². The molecule has 0 bridgehead atoms. The third kappa shape index (κ3) is 4.76. The number of ether oxygens (including phenoxy) is 1. The number of alkyl halides is 3. The van der Waals surface area contributed by atoms with Crippen molar-refractivity contribution in [3.05, 3.63) is 58.1 Å². The highest BCUT2D eigenvalue weighted by Gasteiger charge is 2.31. The van der Waals surface area contributed by atoms with Crippen molar-refractivity contribution >= 4 is 10.0 Å². The molecule has 0 fully saturated rings. The molecule has 0 atom stereocenters. The molecule has 142 valence electrons. The Labute approximate surface area is 151 Å². The third-order valence-corrected chi connectivity index (χ3v) is 5.84. The molecule has 0 spiro atoms. The molecule has 0 unspecified atom stereocenters. The van der Waals surface area contributed by atoms with E-state index < -0.39 is 22.1 Å². The summed E-state index contributed by atoms with van der Waals surface area (Å²) in [6, 6.07) is 7.12. The van der Waals surface area contributed by atoms with Gasteiger partial charge in [0.05, 0.1) is 4.90 Å². The number of halogens is 3. The van der Waals surface area contributed by atoms with Gasteiger partial charge in [0.2, 0.25) is 10.0 Å². The van der Waals surface area contributed by atoms with Gasteiger partial charge in [0.25, 0.3) is 0 Å². The predicted octanol–water partition coefficient (Wildman–Crippen LogP) is 4.30. The van der Waals surface area contributed by atoms with E-state index in [1.54, 1.807) is 13.8 Å². The number of hydrogen-bond donors (Lipinski definition) is 1. The van der Waals surface area contributed by atoms with Gasteiger partial charge in [-0.25, -0.2) is 13.1 Å². The Morgan fingerprint density at radius 3 is 2.12 bits per heavy atom. The van der Waals surface area contributed by atoms with Gasteiger partial charge in [0, 0.05) is 6.54 Å². The molecule has 2 aromatic rings. The summed E-state index contributed by atoms with van der Waals surface area (Å²) in [6.45, 7) is 6.98. The van der Waals surface area contributed by atoms with E-state index in [1.807, 2.05) is 19.9 Å². The molecule has 0 saturated heterocycles. The van der Waals surface area contributed by atoms with E-state index in [9.17, 15) is 21.6 Å². The molecule has 2 aromatic carbocycles. The fourth-order valence-corrected chi connectivity index (χ4v) is 4.32. The van der Waals surface area contributed by atoms with Crippen LogP contribution in [0.1, 0.15) is 27.8 Å². The van der Waals surface area contributed by atoms with Crippen molar-refractivity contribution in [2.45, 2.75) is 45.5 Å². The molecular weight excluding hydrogens is 367 g/mol. The number of benzene rings is 2. The van der Waals surface area contributed by atoms with Gasteiger partial charge < -0.3 is 4.74 Å². The first kappa shape index (κ1) is 20.3. The van der Waals surface area contributed by atoms with Crippen LogP contribution in [0.2, 0.25) is 0 Å². The lowest BCUT2D eigenvalue weighted by molar-refractivity contribution is -0.274. The van der Waals surface area contributed by atoms with E-state index in [0.29, 0.717) is 16.7 Å². The first-order chi connectivity index (χ1) is 11.9. The molecule has 0 heterocycles. The summed E-state index contributed by atoms with van der Waals surface area (Å²) in [6.07, 6.45) is -4.80. The Morgan fingerprint density at radius 1 is 1.00 bits per heavy atom. The van der Waals surface area contributed by atoms with Crippen LogP contribution < -0.4 is 9.46 Å². The van der Waals surface area contributed by atoms with Crippen LogP contribution in [0.3, 0.4) is 0 Å². The molecule has 0 aromatic heterocycles. The van der Waals surface area contributed by atoms with Crippen LogP contribution >= 0.6 is 0 Å². The minimum Gasteiger partial charge on any atom is -0.406 e. The minimum atomic E-state index is -4.80. The van der Waals surface area contributed by atoms with Gasteiger partial charge in [0.1, 0.15) is 5.75 Å². The molecule has 0 radical (unpaired) electrons. The maximum Gasteiger partial charge on any atom is 0.573 e. The summed E-state index contributed by atoms with van der Waals surface area (Å²) in [4.78, 5) is 0.206. The molecule has 0 amide bonds. The monoisotopic (exact) mass is 387 g/mol. The van der Waals surface area contributed by atoms with Gasteiger partial charge in [-0.05, 0) is 67.6 Å². The lowest BCUT2D eigenvalue weighted by atomic mass is 10.0. The second-order valence-corrected chi connectivity index (χ2v) is 7.81. The van der Waals surface area contributed by atoms with Crippen LogP contribution in [0.15, 0.2) is 35.2 Å². The molecular formula is C18H20F3NO3S. The number of rotatable bonds is 5. The van der Waals surface area contributed by atoms with Crippen LogP contribution in [0, 0.1) is 27.7 Å². The third-order valence-electron chi connectivity index (χ3n) is 4.16. The van der Waals surface area contributed by atoms with Gasteiger partial charge >= 0.3 is 6.36 Å². The predicted molar refractivity (Wildman–Crippen MR) is 92.5 cm³/mol. The molecule has 4 nitrogen and oxygen atoms in total. The quantitative estimate of drug-likeness (QED) is 0.832. The second kappa shape index (κ2) is 7.28. The second-order valence-electron chi connectivity index (χ2n) is 6.11. The number of nitrogens with one attached hydrogen (secondary N) is 1. The summed E-state index contributed by atoms with van der Waals surface area (Å²) in [7, 11) is -3.83. The summed E-state index contributed by atoms with van der Waals surface area (Å²) in [5.41, 5.74) is 3.36.